The van der Waals surface area contributed by atoms with Crippen molar-refractivity contribution in [1.82, 2.24) is 0 Å². The van der Waals surface area contributed by atoms with E-state index in [1.807, 2.05) is 22.7 Å². The molecule has 2 heterocycles. The van der Waals surface area contributed by atoms with Crippen LogP contribution >= 0.6 is 22.7 Å². The van der Waals surface area contributed by atoms with Gasteiger partial charge in [0.15, 0.2) is 0 Å². The third-order valence-corrected chi connectivity index (χ3v) is 10.2. The maximum Gasteiger partial charge on any atom is 0.0361 e. The summed E-state index contributed by atoms with van der Waals surface area (Å²) in [5.41, 5.74) is 10.2. The summed E-state index contributed by atoms with van der Waals surface area (Å²) in [6.45, 7) is 4.41. The molecule has 0 aliphatic heterocycles. The summed E-state index contributed by atoms with van der Waals surface area (Å²) in [7, 11) is 0. The lowest BCUT2D eigenvalue weighted by Crippen LogP contribution is -1.87. The maximum absolute atomic E-state index is 2.36. The van der Waals surface area contributed by atoms with Gasteiger partial charge in [0, 0.05) is 40.3 Å². The Labute approximate surface area is 241 Å². The zero-order chi connectivity index (χ0) is 26.8. The zero-order valence-corrected chi connectivity index (χ0v) is 24.0. The summed E-state index contributed by atoms with van der Waals surface area (Å²) in [5, 5.41) is 5.38. The summed E-state index contributed by atoms with van der Waals surface area (Å²) >= 11 is 3.76. The predicted molar refractivity (Wildman–Crippen MR) is 178 cm³/mol. The number of benzene rings is 6. The monoisotopic (exact) mass is 546 g/mol. The molecule has 0 saturated carbocycles. The molecule has 0 atom stereocenters. The molecule has 6 aromatic carbocycles. The van der Waals surface area contributed by atoms with Gasteiger partial charge in [0.05, 0.1) is 0 Å². The topological polar surface area (TPSA) is 0 Å². The van der Waals surface area contributed by atoms with Crippen LogP contribution in [-0.4, -0.2) is 0 Å². The van der Waals surface area contributed by atoms with E-state index in [-0.39, 0.29) is 0 Å². The van der Waals surface area contributed by atoms with Crippen LogP contribution in [0, 0.1) is 13.8 Å². The van der Waals surface area contributed by atoms with Crippen molar-refractivity contribution in [3.8, 4) is 33.4 Å². The smallest absolute Gasteiger partial charge is 0.0361 e. The molecule has 0 fully saturated rings. The van der Waals surface area contributed by atoms with E-state index in [4.69, 9.17) is 0 Å². The molecule has 0 N–H and O–H groups in total. The van der Waals surface area contributed by atoms with Crippen LogP contribution in [0.2, 0.25) is 0 Å². The quantitative estimate of drug-likeness (QED) is 0.207. The lowest BCUT2D eigenvalue weighted by Gasteiger charge is -2.12. The van der Waals surface area contributed by atoms with Gasteiger partial charge in [-0.15, -0.1) is 22.7 Å². The van der Waals surface area contributed by atoms with Crippen LogP contribution in [0.5, 0.6) is 0 Å². The molecule has 40 heavy (non-hydrogen) atoms. The van der Waals surface area contributed by atoms with Crippen LogP contribution in [0.25, 0.3) is 73.7 Å². The van der Waals surface area contributed by atoms with Gasteiger partial charge in [0.25, 0.3) is 0 Å². The van der Waals surface area contributed by atoms with E-state index in [9.17, 15) is 0 Å². The molecule has 2 aromatic heterocycles. The summed E-state index contributed by atoms with van der Waals surface area (Å²) in [5.74, 6) is 0. The highest BCUT2D eigenvalue weighted by Crippen LogP contribution is 2.39. The number of hydrogen-bond acceptors (Lipinski definition) is 2. The number of rotatable bonds is 3. The molecule has 0 aliphatic carbocycles. The van der Waals surface area contributed by atoms with E-state index >= 15 is 0 Å². The molecule has 190 valence electrons. The van der Waals surface area contributed by atoms with Gasteiger partial charge < -0.3 is 0 Å². The van der Waals surface area contributed by atoms with Crippen LogP contribution in [0.4, 0.5) is 0 Å². The molecular formula is C38H26S2. The van der Waals surface area contributed by atoms with Crippen LogP contribution in [-0.2, 0) is 0 Å². The number of thiophene rings is 2. The summed E-state index contributed by atoms with van der Waals surface area (Å²) < 4.78 is 5.38. The Bertz CT molecular complexity index is 2080. The van der Waals surface area contributed by atoms with Crippen molar-refractivity contribution >= 4 is 63.0 Å². The fraction of sp³-hybridized carbons (Fsp3) is 0.0526. The highest BCUT2D eigenvalue weighted by molar-refractivity contribution is 7.26. The third kappa shape index (κ3) is 3.95. The normalized spacial score (nSPS) is 11.8. The summed E-state index contributed by atoms with van der Waals surface area (Å²) in [4.78, 5) is 0. The Morgan fingerprint density at radius 3 is 1.15 bits per heavy atom. The van der Waals surface area contributed by atoms with E-state index in [1.54, 1.807) is 0 Å². The Hall–Kier alpha value is -4.24. The van der Waals surface area contributed by atoms with Crippen LogP contribution < -0.4 is 0 Å². The van der Waals surface area contributed by atoms with E-state index in [2.05, 4.69) is 135 Å². The second kappa shape index (κ2) is 9.16. The third-order valence-electron chi connectivity index (χ3n) is 7.91. The van der Waals surface area contributed by atoms with Gasteiger partial charge in [-0.05, 0) is 94.8 Å². The van der Waals surface area contributed by atoms with Crippen molar-refractivity contribution < 1.29 is 0 Å². The van der Waals surface area contributed by atoms with E-state index in [0.29, 0.717) is 0 Å². The molecule has 0 saturated heterocycles. The standard InChI is InChI=1S/C38H26S2/c1-23-15-27(25-11-13-33-31-7-3-5-9-35(31)39-37(33)21-25)19-29(17-23)30-18-24(2)16-28(20-30)26-12-14-34-32-8-4-6-10-36(32)40-38(34)22-26/h3-22H,1-2H3. The van der Waals surface area contributed by atoms with Gasteiger partial charge in [0.1, 0.15) is 0 Å². The molecular weight excluding hydrogens is 521 g/mol. The molecule has 0 radical (unpaired) electrons. The van der Waals surface area contributed by atoms with Gasteiger partial charge in [0.2, 0.25) is 0 Å². The van der Waals surface area contributed by atoms with Crippen molar-refractivity contribution in [3.05, 3.63) is 132 Å². The lowest BCUT2D eigenvalue weighted by atomic mass is 9.93. The number of fused-ring (bicyclic) bond motifs is 6. The first-order chi connectivity index (χ1) is 19.6. The van der Waals surface area contributed by atoms with Crippen molar-refractivity contribution in [1.29, 1.82) is 0 Å². The fourth-order valence-electron chi connectivity index (χ4n) is 6.04. The minimum atomic E-state index is 1.26. The van der Waals surface area contributed by atoms with E-state index in [1.165, 1.54) is 84.9 Å². The van der Waals surface area contributed by atoms with E-state index < -0.39 is 0 Å². The Balaban J connectivity index is 1.22. The minimum Gasteiger partial charge on any atom is -0.135 e. The average molecular weight is 547 g/mol. The van der Waals surface area contributed by atoms with Crippen LogP contribution in [0.1, 0.15) is 11.1 Å². The average Bonchev–Trinajstić information content (AvgIpc) is 3.54. The molecule has 0 unspecified atom stereocenters. The first kappa shape index (κ1) is 23.6. The van der Waals surface area contributed by atoms with Crippen molar-refractivity contribution in [3.63, 3.8) is 0 Å². The van der Waals surface area contributed by atoms with Crippen LogP contribution in [0.15, 0.2) is 121 Å². The first-order valence-electron chi connectivity index (χ1n) is 13.7. The van der Waals surface area contributed by atoms with Gasteiger partial charge >= 0.3 is 0 Å². The lowest BCUT2D eigenvalue weighted by molar-refractivity contribution is 1.43. The first-order valence-corrected chi connectivity index (χ1v) is 15.3. The minimum absolute atomic E-state index is 1.26. The molecule has 8 rings (SSSR count). The van der Waals surface area contributed by atoms with E-state index in [0.717, 1.165) is 0 Å². The molecule has 0 amide bonds. The number of aryl methyl sites for hydroxylation is 2. The SMILES string of the molecule is Cc1cc(-c2cc(C)cc(-c3ccc4c(c3)sc3ccccc34)c2)cc(-c2ccc3c(c2)sc2ccccc23)c1. The maximum atomic E-state index is 2.36. The highest BCUT2D eigenvalue weighted by Gasteiger charge is 2.11. The zero-order valence-electron chi connectivity index (χ0n) is 22.4. The summed E-state index contributed by atoms with van der Waals surface area (Å²) in [6, 6.07) is 45.2. The molecule has 2 heteroatoms. The van der Waals surface area contributed by atoms with Gasteiger partial charge in [-0.25, -0.2) is 0 Å². The summed E-state index contributed by atoms with van der Waals surface area (Å²) in [6.07, 6.45) is 0. The largest absolute Gasteiger partial charge is 0.135 e. The van der Waals surface area contributed by atoms with Gasteiger partial charge in [-0.2, -0.15) is 0 Å². The highest BCUT2D eigenvalue weighted by atomic mass is 32.1. The Kier molecular flexibility index (Phi) is 5.41. The second-order valence-electron chi connectivity index (χ2n) is 10.8. The molecule has 0 bridgehead atoms. The molecule has 8 aromatic rings. The fourth-order valence-corrected chi connectivity index (χ4v) is 8.33. The van der Waals surface area contributed by atoms with Gasteiger partial charge in [-0.1, -0.05) is 84.9 Å². The molecule has 0 spiro atoms. The number of hydrogen-bond donors (Lipinski definition) is 0. The molecule has 0 nitrogen and oxygen atoms in total. The Morgan fingerprint density at radius 2 is 0.700 bits per heavy atom. The predicted octanol–water partition coefficient (Wildman–Crippen LogP) is 12.0. The van der Waals surface area contributed by atoms with Gasteiger partial charge in [-0.3, -0.25) is 0 Å². The molecule has 0 aliphatic rings. The van der Waals surface area contributed by atoms with Crippen molar-refractivity contribution in [2.45, 2.75) is 13.8 Å². The van der Waals surface area contributed by atoms with Crippen molar-refractivity contribution in [2.24, 2.45) is 0 Å². The van der Waals surface area contributed by atoms with Crippen LogP contribution in [0.3, 0.4) is 0 Å². The van der Waals surface area contributed by atoms with Crippen molar-refractivity contribution in [2.75, 3.05) is 0 Å². The Morgan fingerprint density at radius 1 is 0.325 bits per heavy atom. The second-order valence-corrected chi connectivity index (χ2v) is 13.0.